The Labute approximate surface area is 96.3 Å². The number of unbranched alkanes of at least 4 members (excludes halogenated alkanes) is 6. The number of hydrogen-bond acceptors (Lipinski definition) is 1. The lowest BCUT2D eigenvalue weighted by Crippen LogP contribution is -2.25. The minimum Gasteiger partial charge on any atom is -0.393 e. The van der Waals surface area contributed by atoms with E-state index in [-0.39, 0.29) is 11.5 Å². The van der Waals surface area contributed by atoms with Crippen LogP contribution in [0.25, 0.3) is 0 Å². The standard InChI is InChI=1S/C14H30O/c1-5-6-7-8-9-10-11-12-13(15)14(2,3)4/h13,15H,5-12H2,1-4H3. The highest BCUT2D eigenvalue weighted by molar-refractivity contribution is 4.72. The fourth-order valence-corrected chi connectivity index (χ4v) is 1.73. The van der Waals surface area contributed by atoms with E-state index < -0.39 is 0 Å². The van der Waals surface area contributed by atoms with Gasteiger partial charge in [-0.2, -0.15) is 0 Å². The van der Waals surface area contributed by atoms with Gasteiger partial charge in [0.2, 0.25) is 0 Å². The average molecular weight is 214 g/mol. The molecule has 0 aliphatic heterocycles. The Bertz CT molecular complexity index is 135. The maximum absolute atomic E-state index is 9.83. The van der Waals surface area contributed by atoms with Crippen molar-refractivity contribution in [2.45, 2.75) is 85.2 Å². The lowest BCUT2D eigenvalue weighted by Gasteiger charge is -2.25. The van der Waals surface area contributed by atoms with Crippen molar-refractivity contribution >= 4 is 0 Å². The van der Waals surface area contributed by atoms with Crippen molar-refractivity contribution in [1.29, 1.82) is 0 Å². The predicted molar refractivity (Wildman–Crippen MR) is 68.1 cm³/mol. The molecule has 0 fully saturated rings. The van der Waals surface area contributed by atoms with E-state index in [1.54, 1.807) is 0 Å². The summed E-state index contributed by atoms with van der Waals surface area (Å²) >= 11 is 0. The van der Waals surface area contributed by atoms with E-state index in [2.05, 4.69) is 27.7 Å². The molecule has 0 heterocycles. The zero-order chi connectivity index (χ0) is 11.7. The molecule has 0 radical (unpaired) electrons. The normalized spacial score (nSPS) is 14.2. The number of hydrogen-bond donors (Lipinski definition) is 1. The lowest BCUT2D eigenvalue weighted by molar-refractivity contribution is 0.0533. The minimum absolute atomic E-state index is 0.0577. The van der Waals surface area contributed by atoms with E-state index in [4.69, 9.17) is 0 Å². The second-order valence-electron chi connectivity index (χ2n) is 5.79. The van der Waals surface area contributed by atoms with E-state index in [0.717, 1.165) is 6.42 Å². The molecule has 0 bridgehead atoms. The fourth-order valence-electron chi connectivity index (χ4n) is 1.73. The Balaban J connectivity index is 3.24. The molecule has 1 nitrogen and oxygen atoms in total. The highest BCUT2D eigenvalue weighted by Crippen LogP contribution is 2.23. The molecule has 0 rings (SSSR count). The molecule has 1 unspecified atom stereocenters. The summed E-state index contributed by atoms with van der Waals surface area (Å²) in [6, 6.07) is 0. The highest BCUT2D eigenvalue weighted by atomic mass is 16.3. The molecule has 0 aromatic rings. The summed E-state index contributed by atoms with van der Waals surface area (Å²) < 4.78 is 0. The zero-order valence-corrected chi connectivity index (χ0v) is 11.2. The molecule has 92 valence electrons. The SMILES string of the molecule is CCCCCCCCCC(O)C(C)(C)C. The van der Waals surface area contributed by atoms with Gasteiger partial charge in [-0.05, 0) is 11.8 Å². The smallest absolute Gasteiger partial charge is 0.0588 e. The third-order valence-corrected chi connectivity index (χ3v) is 3.08. The van der Waals surface area contributed by atoms with Gasteiger partial charge in [-0.15, -0.1) is 0 Å². The molecule has 1 heteroatoms. The Morgan fingerprint density at radius 2 is 1.33 bits per heavy atom. The quantitative estimate of drug-likeness (QED) is 0.588. The molecule has 1 atom stereocenters. The summed E-state index contributed by atoms with van der Waals surface area (Å²) in [4.78, 5) is 0. The Kier molecular flexibility index (Phi) is 8.13. The van der Waals surface area contributed by atoms with Crippen LogP contribution in [0.2, 0.25) is 0 Å². The van der Waals surface area contributed by atoms with Crippen molar-refractivity contribution in [2.24, 2.45) is 5.41 Å². The molecule has 0 aromatic heterocycles. The molecule has 0 saturated heterocycles. The van der Waals surface area contributed by atoms with Gasteiger partial charge in [-0.3, -0.25) is 0 Å². The van der Waals surface area contributed by atoms with Crippen LogP contribution in [0.3, 0.4) is 0 Å². The Hall–Kier alpha value is -0.0400. The van der Waals surface area contributed by atoms with Crippen LogP contribution in [0.5, 0.6) is 0 Å². The molecule has 15 heavy (non-hydrogen) atoms. The molecule has 0 saturated carbocycles. The average Bonchev–Trinajstić information content (AvgIpc) is 2.14. The van der Waals surface area contributed by atoms with Crippen molar-refractivity contribution in [3.05, 3.63) is 0 Å². The summed E-state index contributed by atoms with van der Waals surface area (Å²) in [7, 11) is 0. The van der Waals surface area contributed by atoms with Crippen LogP contribution in [0.4, 0.5) is 0 Å². The summed E-state index contributed by atoms with van der Waals surface area (Å²) in [5, 5.41) is 9.83. The first kappa shape index (κ1) is 15.0. The summed E-state index contributed by atoms with van der Waals surface area (Å²) in [5.41, 5.74) is 0.0577. The van der Waals surface area contributed by atoms with Gasteiger partial charge >= 0.3 is 0 Å². The molecule has 0 aliphatic carbocycles. The van der Waals surface area contributed by atoms with Crippen LogP contribution < -0.4 is 0 Å². The van der Waals surface area contributed by atoms with Crippen molar-refractivity contribution in [3.63, 3.8) is 0 Å². The van der Waals surface area contributed by atoms with E-state index in [1.807, 2.05) is 0 Å². The molecular weight excluding hydrogens is 184 g/mol. The van der Waals surface area contributed by atoms with Crippen molar-refractivity contribution in [1.82, 2.24) is 0 Å². The van der Waals surface area contributed by atoms with Crippen molar-refractivity contribution < 1.29 is 5.11 Å². The zero-order valence-electron chi connectivity index (χ0n) is 11.2. The van der Waals surface area contributed by atoms with Crippen LogP contribution in [0.1, 0.15) is 79.1 Å². The van der Waals surface area contributed by atoms with E-state index in [0.29, 0.717) is 0 Å². The van der Waals surface area contributed by atoms with Gasteiger partial charge in [0.1, 0.15) is 0 Å². The maximum Gasteiger partial charge on any atom is 0.0588 e. The van der Waals surface area contributed by atoms with Gasteiger partial charge in [0, 0.05) is 0 Å². The first-order chi connectivity index (χ1) is 6.98. The summed E-state index contributed by atoms with van der Waals surface area (Å²) in [5.74, 6) is 0. The van der Waals surface area contributed by atoms with Crippen LogP contribution in [0.15, 0.2) is 0 Å². The predicted octanol–water partition coefficient (Wildman–Crippen LogP) is 4.53. The number of rotatable bonds is 8. The lowest BCUT2D eigenvalue weighted by atomic mass is 9.86. The summed E-state index contributed by atoms with van der Waals surface area (Å²) in [6.07, 6.45) is 10.1. The van der Waals surface area contributed by atoms with Gasteiger partial charge in [0.05, 0.1) is 6.10 Å². The van der Waals surface area contributed by atoms with Gasteiger partial charge in [-0.25, -0.2) is 0 Å². The molecule has 0 amide bonds. The Morgan fingerprint density at radius 3 is 1.80 bits per heavy atom. The van der Waals surface area contributed by atoms with Crippen LogP contribution >= 0.6 is 0 Å². The first-order valence-electron chi connectivity index (χ1n) is 6.66. The first-order valence-corrected chi connectivity index (χ1v) is 6.66. The molecule has 1 N–H and O–H groups in total. The molecular formula is C14H30O. The topological polar surface area (TPSA) is 20.2 Å². The van der Waals surface area contributed by atoms with Crippen molar-refractivity contribution in [2.75, 3.05) is 0 Å². The second kappa shape index (κ2) is 8.15. The summed E-state index contributed by atoms with van der Waals surface area (Å²) in [6.45, 7) is 8.58. The van der Waals surface area contributed by atoms with E-state index in [1.165, 1.54) is 44.9 Å². The number of aliphatic hydroxyl groups is 1. The fraction of sp³-hybridized carbons (Fsp3) is 1.00. The molecule has 0 aliphatic rings. The van der Waals surface area contributed by atoms with Crippen LogP contribution in [-0.2, 0) is 0 Å². The third-order valence-electron chi connectivity index (χ3n) is 3.08. The van der Waals surface area contributed by atoms with Crippen LogP contribution in [-0.4, -0.2) is 11.2 Å². The van der Waals surface area contributed by atoms with Gasteiger partial charge in [0.15, 0.2) is 0 Å². The molecule has 0 spiro atoms. The second-order valence-corrected chi connectivity index (χ2v) is 5.79. The largest absolute Gasteiger partial charge is 0.393 e. The monoisotopic (exact) mass is 214 g/mol. The Morgan fingerprint density at radius 1 is 0.867 bits per heavy atom. The van der Waals surface area contributed by atoms with Crippen LogP contribution in [0, 0.1) is 5.41 Å². The van der Waals surface area contributed by atoms with Gasteiger partial charge in [-0.1, -0.05) is 72.6 Å². The van der Waals surface area contributed by atoms with E-state index >= 15 is 0 Å². The maximum atomic E-state index is 9.83. The van der Waals surface area contributed by atoms with Crippen molar-refractivity contribution in [3.8, 4) is 0 Å². The third kappa shape index (κ3) is 8.92. The highest BCUT2D eigenvalue weighted by Gasteiger charge is 2.20. The number of aliphatic hydroxyl groups excluding tert-OH is 1. The van der Waals surface area contributed by atoms with Gasteiger partial charge < -0.3 is 5.11 Å². The minimum atomic E-state index is -0.131. The van der Waals surface area contributed by atoms with E-state index in [9.17, 15) is 5.11 Å². The molecule has 0 aromatic carbocycles. The van der Waals surface area contributed by atoms with Gasteiger partial charge in [0.25, 0.3) is 0 Å².